The van der Waals surface area contributed by atoms with Crippen molar-refractivity contribution in [2.24, 2.45) is 41.4 Å². The first-order valence-electron chi connectivity index (χ1n) is 11.7. The van der Waals surface area contributed by atoms with Crippen LogP contribution in [-0.2, 0) is 9.47 Å². The van der Waals surface area contributed by atoms with Gasteiger partial charge >= 0.3 is 0 Å². The van der Waals surface area contributed by atoms with Gasteiger partial charge in [0.25, 0.3) is 0 Å². The van der Waals surface area contributed by atoms with E-state index in [1.165, 1.54) is 57.8 Å². The van der Waals surface area contributed by atoms with Crippen molar-refractivity contribution in [3.63, 3.8) is 0 Å². The van der Waals surface area contributed by atoms with E-state index >= 15 is 0 Å². The monoisotopic (exact) mass is 360 g/mol. The van der Waals surface area contributed by atoms with Crippen LogP contribution in [0.1, 0.15) is 77.0 Å². The predicted octanol–water partition coefficient (Wildman–Crippen LogP) is 4.52. The molecule has 0 aromatic carbocycles. The van der Waals surface area contributed by atoms with Crippen molar-refractivity contribution < 1.29 is 14.6 Å². The smallest absolute Gasteiger partial charge is 0.169 e. The molecule has 146 valence electrons. The molecule has 6 fully saturated rings. The molecule has 2 saturated heterocycles. The number of aliphatic hydroxyl groups is 1. The van der Waals surface area contributed by atoms with Crippen molar-refractivity contribution in [3.8, 4) is 0 Å². The van der Waals surface area contributed by atoms with Crippen molar-refractivity contribution in [1.82, 2.24) is 0 Å². The van der Waals surface area contributed by atoms with E-state index in [9.17, 15) is 5.11 Å². The lowest BCUT2D eigenvalue weighted by molar-refractivity contribution is -0.246. The molecular weight excluding hydrogens is 324 g/mol. The minimum atomic E-state index is -0.188. The van der Waals surface area contributed by atoms with Crippen LogP contribution >= 0.6 is 0 Å². The topological polar surface area (TPSA) is 38.7 Å². The Kier molecular flexibility index (Phi) is 4.00. The predicted molar refractivity (Wildman–Crippen MR) is 99.4 cm³/mol. The molecule has 26 heavy (non-hydrogen) atoms. The van der Waals surface area contributed by atoms with E-state index in [0.29, 0.717) is 6.10 Å². The van der Waals surface area contributed by atoms with E-state index in [1.807, 2.05) is 0 Å². The molecule has 4 saturated carbocycles. The highest BCUT2D eigenvalue weighted by atomic mass is 16.7. The molecule has 1 N–H and O–H groups in total. The van der Waals surface area contributed by atoms with Crippen LogP contribution < -0.4 is 0 Å². The van der Waals surface area contributed by atoms with Gasteiger partial charge < -0.3 is 14.6 Å². The quantitative estimate of drug-likeness (QED) is 0.690. The molecule has 1 spiro atoms. The van der Waals surface area contributed by atoms with Gasteiger partial charge in [-0.15, -0.1) is 0 Å². The number of rotatable bonds is 0. The molecule has 4 aliphatic carbocycles. The fourth-order valence-electron chi connectivity index (χ4n) is 8.75. The van der Waals surface area contributed by atoms with Crippen LogP contribution in [0.4, 0.5) is 0 Å². The van der Waals surface area contributed by atoms with Crippen LogP contribution in [-0.4, -0.2) is 29.7 Å². The SMILES string of the molecule is O[C@H]1CC[C@H]2[C@@H](CC[C@H]3[C@@H]4C[C@@H]5O[C@]6(CCCCO6)C[C@@H]5[C@H]4CC[C@@H]32)C1. The summed E-state index contributed by atoms with van der Waals surface area (Å²) in [4.78, 5) is 0. The van der Waals surface area contributed by atoms with Crippen LogP contribution in [0.15, 0.2) is 0 Å². The first-order chi connectivity index (χ1) is 12.7. The number of ether oxygens (including phenoxy) is 2. The van der Waals surface area contributed by atoms with Crippen LogP contribution in [0.3, 0.4) is 0 Å². The third-order valence-corrected chi connectivity index (χ3v) is 9.68. The van der Waals surface area contributed by atoms with Gasteiger partial charge in [0.2, 0.25) is 0 Å². The van der Waals surface area contributed by atoms with Crippen molar-refractivity contribution in [1.29, 1.82) is 0 Å². The van der Waals surface area contributed by atoms with E-state index in [1.54, 1.807) is 0 Å². The Labute approximate surface area is 158 Å². The van der Waals surface area contributed by atoms with Crippen molar-refractivity contribution in [2.45, 2.75) is 95.0 Å². The van der Waals surface area contributed by atoms with Gasteiger partial charge in [-0.1, -0.05) is 0 Å². The Morgan fingerprint density at radius 3 is 2.35 bits per heavy atom. The molecule has 2 heterocycles. The summed E-state index contributed by atoms with van der Waals surface area (Å²) < 4.78 is 12.8. The van der Waals surface area contributed by atoms with Gasteiger partial charge in [0.15, 0.2) is 5.79 Å². The Morgan fingerprint density at radius 2 is 1.50 bits per heavy atom. The van der Waals surface area contributed by atoms with E-state index in [0.717, 1.165) is 67.3 Å². The van der Waals surface area contributed by atoms with E-state index in [4.69, 9.17) is 9.47 Å². The summed E-state index contributed by atoms with van der Waals surface area (Å²) in [7, 11) is 0. The molecule has 3 nitrogen and oxygen atoms in total. The summed E-state index contributed by atoms with van der Waals surface area (Å²) in [6.07, 6.45) is 15.8. The Bertz CT molecular complexity index is 542. The Morgan fingerprint density at radius 1 is 0.731 bits per heavy atom. The number of hydrogen-bond donors (Lipinski definition) is 1. The summed E-state index contributed by atoms with van der Waals surface area (Å²) in [5, 5.41) is 10.1. The number of fused-ring (bicyclic) bond motifs is 7. The van der Waals surface area contributed by atoms with Gasteiger partial charge in [-0.25, -0.2) is 0 Å². The molecule has 10 atom stereocenters. The third kappa shape index (κ3) is 2.49. The molecule has 3 heteroatoms. The highest BCUT2D eigenvalue weighted by Gasteiger charge is 2.60. The first-order valence-corrected chi connectivity index (χ1v) is 11.7. The summed E-state index contributed by atoms with van der Waals surface area (Å²) in [6.45, 7) is 0.910. The molecular formula is C23H36O3. The Hall–Kier alpha value is -0.120. The second-order valence-electron chi connectivity index (χ2n) is 10.7. The zero-order chi connectivity index (χ0) is 17.3. The second kappa shape index (κ2) is 6.19. The van der Waals surface area contributed by atoms with Gasteiger partial charge in [0.1, 0.15) is 0 Å². The third-order valence-electron chi connectivity index (χ3n) is 9.68. The average Bonchev–Trinajstić information content (AvgIpc) is 3.15. The van der Waals surface area contributed by atoms with Gasteiger partial charge in [-0.3, -0.25) is 0 Å². The van der Waals surface area contributed by atoms with Crippen LogP contribution in [0.25, 0.3) is 0 Å². The highest BCUT2D eigenvalue weighted by molar-refractivity contribution is 5.07. The lowest BCUT2D eigenvalue weighted by Gasteiger charge is -2.53. The largest absolute Gasteiger partial charge is 0.393 e. The van der Waals surface area contributed by atoms with E-state index < -0.39 is 0 Å². The normalized spacial score (nSPS) is 58.7. The zero-order valence-corrected chi connectivity index (χ0v) is 16.2. The molecule has 0 aromatic rings. The van der Waals surface area contributed by atoms with Gasteiger partial charge in [0, 0.05) is 12.8 Å². The minimum absolute atomic E-state index is 0.00457. The number of aliphatic hydroxyl groups excluding tert-OH is 1. The fraction of sp³-hybridized carbons (Fsp3) is 1.00. The van der Waals surface area contributed by atoms with E-state index in [2.05, 4.69) is 0 Å². The lowest BCUT2D eigenvalue weighted by Crippen LogP contribution is -2.46. The minimum Gasteiger partial charge on any atom is -0.393 e. The molecule has 0 bridgehead atoms. The van der Waals surface area contributed by atoms with Crippen LogP contribution in [0, 0.1) is 41.4 Å². The molecule has 6 aliphatic rings. The summed E-state index contributed by atoms with van der Waals surface area (Å²) in [5.74, 6) is 6.11. The molecule has 0 aromatic heterocycles. The fourth-order valence-corrected chi connectivity index (χ4v) is 8.75. The van der Waals surface area contributed by atoms with Crippen molar-refractivity contribution in [2.75, 3.05) is 6.61 Å². The van der Waals surface area contributed by atoms with Crippen molar-refractivity contribution in [3.05, 3.63) is 0 Å². The van der Waals surface area contributed by atoms with E-state index in [-0.39, 0.29) is 11.9 Å². The summed E-state index contributed by atoms with van der Waals surface area (Å²) in [6, 6.07) is 0. The van der Waals surface area contributed by atoms with Gasteiger partial charge in [-0.2, -0.15) is 0 Å². The zero-order valence-electron chi connectivity index (χ0n) is 16.2. The molecule has 0 amide bonds. The first kappa shape index (κ1) is 16.8. The standard InChI is InChI=1S/C23H36O3/c24-15-4-6-16-14(11-15)3-5-18-17(16)7-8-19-20(18)12-22-21(19)13-23(26-22)9-1-2-10-25-23/h14-22,24H,1-13H2/t14-,15-,16-,17+,18+,19-,20-,21+,22-,23+/m0/s1. The second-order valence-corrected chi connectivity index (χ2v) is 10.7. The van der Waals surface area contributed by atoms with Crippen LogP contribution in [0.2, 0.25) is 0 Å². The number of hydrogen-bond acceptors (Lipinski definition) is 3. The molecule has 6 rings (SSSR count). The maximum atomic E-state index is 10.1. The van der Waals surface area contributed by atoms with Gasteiger partial charge in [0.05, 0.1) is 18.8 Å². The maximum Gasteiger partial charge on any atom is 0.169 e. The maximum absolute atomic E-state index is 10.1. The van der Waals surface area contributed by atoms with Crippen LogP contribution in [0.5, 0.6) is 0 Å². The summed E-state index contributed by atoms with van der Waals surface area (Å²) >= 11 is 0. The Balaban J connectivity index is 1.18. The molecule has 2 aliphatic heterocycles. The average molecular weight is 361 g/mol. The lowest BCUT2D eigenvalue weighted by atomic mass is 9.53. The highest BCUT2D eigenvalue weighted by Crippen LogP contribution is 2.63. The molecule has 0 radical (unpaired) electrons. The summed E-state index contributed by atoms with van der Waals surface area (Å²) in [5.41, 5.74) is 0. The molecule has 0 unspecified atom stereocenters. The van der Waals surface area contributed by atoms with Crippen molar-refractivity contribution >= 4 is 0 Å². The van der Waals surface area contributed by atoms with Gasteiger partial charge in [-0.05, 0) is 106 Å².